The molecular weight excluding hydrogens is 340 g/mol. The van der Waals surface area contributed by atoms with E-state index >= 15 is 0 Å². The van der Waals surface area contributed by atoms with Gasteiger partial charge in [-0.05, 0) is 35.2 Å². The fourth-order valence-corrected chi connectivity index (χ4v) is 3.88. The number of carbonyl (C=O) groups excluding carboxylic acids is 1. The summed E-state index contributed by atoms with van der Waals surface area (Å²) in [5.74, 6) is 0.437. The van der Waals surface area contributed by atoms with Crippen molar-refractivity contribution in [2.45, 2.75) is 31.8 Å². The van der Waals surface area contributed by atoms with Crippen molar-refractivity contribution in [3.05, 3.63) is 53.6 Å². The molecule has 1 atom stereocenters. The summed E-state index contributed by atoms with van der Waals surface area (Å²) in [4.78, 5) is 22.5. The van der Waals surface area contributed by atoms with Crippen LogP contribution < -0.4 is 16.4 Å². The highest BCUT2D eigenvalue weighted by atomic mass is 16.2. The molecular formula is C20H20N6O. The van der Waals surface area contributed by atoms with Gasteiger partial charge in [-0.2, -0.15) is 0 Å². The number of benzene rings is 2. The Labute approximate surface area is 156 Å². The molecule has 3 heterocycles. The van der Waals surface area contributed by atoms with E-state index in [4.69, 9.17) is 5.73 Å². The van der Waals surface area contributed by atoms with E-state index in [0.717, 1.165) is 27.8 Å². The molecule has 1 aromatic heterocycles. The van der Waals surface area contributed by atoms with Crippen LogP contribution in [0.25, 0.3) is 11.0 Å². The van der Waals surface area contributed by atoms with Gasteiger partial charge in [0.2, 0.25) is 11.6 Å². The highest BCUT2D eigenvalue weighted by Gasteiger charge is 2.53. The highest BCUT2D eigenvalue weighted by Crippen LogP contribution is 2.46. The van der Waals surface area contributed by atoms with Gasteiger partial charge in [0, 0.05) is 11.3 Å². The van der Waals surface area contributed by atoms with E-state index in [1.807, 2.05) is 47.0 Å². The van der Waals surface area contributed by atoms with Gasteiger partial charge in [0.15, 0.2) is 5.96 Å². The second-order valence-corrected chi connectivity index (χ2v) is 8.02. The Kier molecular flexibility index (Phi) is 2.87. The Bertz CT molecular complexity index is 1150. The molecule has 27 heavy (non-hydrogen) atoms. The fourth-order valence-electron chi connectivity index (χ4n) is 3.88. The first kappa shape index (κ1) is 15.9. The van der Waals surface area contributed by atoms with Crippen LogP contribution in [0, 0.1) is 0 Å². The normalized spacial score (nSPS) is 20.9. The zero-order chi connectivity index (χ0) is 19.0. The Morgan fingerprint density at radius 1 is 1.11 bits per heavy atom. The molecule has 5 rings (SSSR count). The van der Waals surface area contributed by atoms with Crippen molar-refractivity contribution >= 4 is 34.5 Å². The van der Waals surface area contributed by atoms with E-state index < -0.39 is 5.66 Å². The highest BCUT2D eigenvalue weighted by molar-refractivity contribution is 6.10. The smallest absolute Gasteiger partial charge is 0.278 e. The molecule has 0 saturated carbocycles. The minimum atomic E-state index is -1.31. The number of hydrogen-bond donors (Lipinski definition) is 3. The number of nitrogens with one attached hydrogen (secondary N) is 2. The second-order valence-electron chi connectivity index (χ2n) is 8.02. The van der Waals surface area contributed by atoms with Crippen LogP contribution in [-0.4, -0.2) is 21.4 Å². The maximum Gasteiger partial charge on any atom is 0.278 e. The van der Waals surface area contributed by atoms with Crippen LogP contribution in [0.5, 0.6) is 0 Å². The van der Waals surface area contributed by atoms with Gasteiger partial charge in [0.05, 0.1) is 11.0 Å². The van der Waals surface area contributed by atoms with Gasteiger partial charge in [-0.3, -0.25) is 14.7 Å². The molecule has 0 fully saturated rings. The van der Waals surface area contributed by atoms with Crippen molar-refractivity contribution in [3.63, 3.8) is 0 Å². The number of aliphatic imine (C=N–C) groups is 1. The molecule has 0 radical (unpaired) electrons. The number of para-hydroxylation sites is 2. The molecule has 7 nitrogen and oxygen atoms in total. The topological polar surface area (TPSA) is 97.3 Å². The third-order valence-corrected chi connectivity index (χ3v) is 5.23. The van der Waals surface area contributed by atoms with E-state index in [1.54, 1.807) is 0 Å². The molecule has 3 aromatic rings. The van der Waals surface area contributed by atoms with E-state index in [0.29, 0.717) is 5.95 Å². The largest absolute Gasteiger partial charge is 0.370 e. The summed E-state index contributed by atoms with van der Waals surface area (Å²) in [5.41, 5.74) is 8.95. The number of imidazole rings is 1. The molecule has 136 valence electrons. The average Bonchev–Trinajstić information content (AvgIpc) is 3.10. The van der Waals surface area contributed by atoms with Crippen LogP contribution in [0.4, 0.5) is 11.6 Å². The Morgan fingerprint density at radius 3 is 2.67 bits per heavy atom. The van der Waals surface area contributed by atoms with Crippen molar-refractivity contribution < 1.29 is 4.79 Å². The zero-order valence-corrected chi connectivity index (χ0v) is 15.4. The number of aromatic nitrogens is 2. The van der Waals surface area contributed by atoms with Crippen LogP contribution in [0.1, 0.15) is 31.9 Å². The van der Waals surface area contributed by atoms with Crippen LogP contribution >= 0.6 is 0 Å². The molecule has 0 saturated heterocycles. The predicted molar refractivity (Wildman–Crippen MR) is 106 cm³/mol. The summed E-state index contributed by atoms with van der Waals surface area (Å²) in [6.07, 6.45) is 0. The van der Waals surface area contributed by atoms with Gasteiger partial charge in [-0.1, -0.05) is 39.0 Å². The maximum absolute atomic E-state index is 13.3. The lowest BCUT2D eigenvalue weighted by molar-refractivity contribution is -0.121. The Hall–Kier alpha value is -3.35. The summed E-state index contributed by atoms with van der Waals surface area (Å²) in [5, 5.41) is 5.97. The molecule has 7 heteroatoms. The first-order valence-electron chi connectivity index (χ1n) is 8.87. The lowest BCUT2D eigenvalue weighted by atomic mass is 9.84. The van der Waals surface area contributed by atoms with Crippen molar-refractivity contribution in [3.8, 4) is 0 Å². The van der Waals surface area contributed by atoms with E-state index in [1.165, 1.54) is 0 Å². The molecule has 0 aliphatic carbocycles. The van der Waals surface area contributed by atoms with Gasteiger partial charge in [-0.15, -0.1) is 0 Å². The summed E-state index contributed by atoms with van der Waals surface area (Å²) in [6.45, 7) is 6.43. The maximum atomic E-state index is 13.3. The van der Waals surface area contributed by atoms with E-state index in [2.05, 4.69) is 41.4 Å². The molecule has 0 bridgehead atoms. The van der Waals surface area contributed by atoms with E-state index in [-0.39, 0.29) is 17.3 Å². The third-order valence-electron chi connectivity index (χ3n) is 5.23. The van der Waals surface area contributed by atoms with Crippen LogP contribution in [0.15, 0.2) is 47.5 Å². The first-order chi connectivity index (χ1) is 12.8. The van der Waals surface area contributed by atoms with Gasteiger partial charge < -0.3 is 11.1 Å². The SMILES string of the molecule is CC(C)(C)c1ccc2c(c1)C1(N=C(N)Nc3nc4ccccc4n31)C(=O)N2. The van der Waals surface area contributed by atoms with Crippen LogP contribution in [-0.2, 0) is 15.9 Å². The lowest BCUT2D eigenvalue weighted by Gasteiger charge is -2.32. The van der Waals surface area contributed by atoms with Crippen molar-refractivity contribution in [2.75, 3.05) is 10.6 Å². The molecule has 1 unspecified atom stereocenters. The number of nitrogens with zero attached hydrogens (tertiary/aromatic N) is 3. The van der Waals surface area contributed by atoms with Crippen molar-refractivity contribution in [1.29, 1.82) is 0 Å². The number of fused-ring (bicyclic) bond motifs is 6. The Balaban J connectivity index is 1.88. The first-order valence-corrected chi connectivity index (χ1v) is 8.87. The monoisotopic (exact) mass is 360 g/mol. The third kappa shape index (κ3) is 1.99. The lowest BCUT2D eigenvalue weighted by Crippen LogP contribution is -2.47. The molecule has 2 aliphatic heterocycles. The minimum Gasteiger partial charge on any atom is -0.370 e. The summed E-state index contributed by atoms with van der Waals surface area (Å²) < 4.78 is 1.84. The molecule has 2 aromatic carbocycles. The Morgan fingerprint density at radius 2 is 1.89 bits per heavy atom. The average molecular weight is 360 g/mol. The standard InChI is InChI=1S/C20H20N6O/c1-19(2,3)11-8-9-13-12(10-11)20(16(27)22-13)25-17(21)24-18-23-14-6-4-5-7-15(14)26(18)20/h4-10H,1-3H3,(H,22,27)(H3,21,23,24,25). The fraction of sp³-hybridized carbons (Fsp3) is 0.250. The van der Waals surface area contributed by atoms with Gasteiger partial charge in [-0.25, -0.2) is 9.98 Å². The number of amides is 1. The van der Waals surface area contributed by atoms with E-state index in [9.17, 15) is 4.79 Å². The molecule has 1 amide bonds. The van der Waals surface area contributed by atoms with Crippen molar-refractivity contribution in [1.82, 2.24) is 9.55 Å². The van der Waals surface area contributed by atoms with Gasteiger partial charge in [0.25, 0.3) is 5.91 Å². The number of hydrogen-bond acceptors (Lipinski definition) is 5. The number of rotatable bonds is 0. The number of anilines is 2. The minimum absolute atomic E-state index is 0.0656. The van der Waals surface area contributed by atoms with Crippen LogP contribution in [0.3, 0.4) is 0 Å². The van der Waals surface area contributed by atoms with Crippen molar-refractivity contribution in [2.24, 2.45) is 10.7 Å². The van der Waals surface area contributed by atoms with Gasteiger partial charge in [0.1, 0.15) is 0 Å². The summed E-state index contributed by atoms with van der Waals surface area (Å²) in [7, 11) is 0. The predicted octanol–water partition coefficient (Wildman–Crippen LogP) is 2.73. The second kappa shape index (κ2) is 4.88. The number of carbonyl (C=O) groups is 1. The molecule has 4 N–H and O–H groups in total. The van der Waals surface area contributed by atoms with Gasteiger partial charge >= 0.3 is 0 Å². The molecule has 1 spiro atoms. The summed E-state index contributed by atoms with van der Waals surface area (Å²) in [6, 6.07) is 13.7. The zero-order valence-electron chi connectivity index (χ0n) is 15.4. The number of nitrogens with two attached hydrogens (primary N) is 1. The molecule has 2 aliphatic rings. The van der Waals surface area contributed by atoms with Crippen LogP contribution in [0.2, 0.25) is 0 Å². The number of guanidine groups is 1. The quantitative estimate of drug-likeness (QED) is 0.574. The summed E-state index contributed by atoms with van der Waals surface area (Å²) >= 11 is 0.